The van der Waals surface area contributed by atoms with Gasteiger partial charge in [-0.05, 0) is 26.2 Å². The van der Waals surface area contributed by atoms with Gasteiger partial charge in [0, 0.05) is 6.04 Å². The second-order valence-electron chi connectivity index (χ2n) is 5.13. The Hall–Kier alpha value is -1.43. The summed E-state index contributed by atoms with van der Waals surface area (Å²) >= 11 is 1.30. The van der Waals surface area contributed by atoms with Gasteiger partial charge in [0.05, 0.1) is 13.2 Å². The van der Waals surface area contributed by atoms with Crippen LogP contribution in [0.1, 0.15) is 36.9 Å². The van der Waals surface area contributed by atoms with Gasteiger partial charge in [-0.15, -0.1) is 11.3 Å². The molecule has 2 atom stereocenters. The first-order chi connectivity index (χ1) is 8.93. The highest BCUT2D eigenvalue weighted by atomic mass is 32.1. The third-order valence-corrected chi connectivity index (χ3v) is 4.15. The molecule has 19 heavy (non-hydrogen) atoms. The molecule has 1 fully saturated rings. The number of hydrogen-bond donors (Lipinski definition) is 2. The molecule has 0 amide bonds. The van der Waals surface area contributed by atoms with Crippen LogP contribution in [-0.4, -0.2) is 25.2 Å². The van der Waals surface area contributed by atoms with Crippen LogP contribution in [0.25, 0.3) is 0 Å². The van der Waals surface area contributed by atoms with Crippen LogP contribution >= 0.6 is 11.3 Å². The molecule has 0 aliphatic heterocycles. The van der Waals surface area contributed by atoms with Crippen molar-refractivity contribution in [1.29, 1.82) is 0 Å². The molecule has 3 N–H and O–H groups in total. The van der Waals surface area contributed by atoms with Crippen LogP contribution in [0.15, 0.2) is 0 Å². The first-order valence-corrected chi connectivity index (χ1v) is 7.19. The summed E-state index contributed by atoms with van der Waals surface area (Å²) in [5.41, 5.74) is 6.37. The van der Waals surface area contributed by atoms with Crippen LogP contribution < -0.4 is 15.8 Å². The molecule has 0 spiro atoms. The minimum Gasteiger partial charge on any atom is -0.486 e. The lowest BCUT2D eigenvalue weighted by atomic mass is 10.3. The fourth-order valence-electron chi connectivity index (χ4n) is 1.81. The van der Waals surface area contributed by atoms with Crippen molar-refractivity contribution in [3.63, 3.8) is 0 Å². The Kier molecular flexibility index (Phi) is 3.89. The minimum absolute atomic E-state index is 0.000395. The lowest BCUT2D eigenvalue weighted by molar-refractivity contribution is 0.0607. The number of nitrogens with one attached hydrogen (secondary N) is 1. The van der Waals surface area contributed by atoms with E-state index in [1.165, 1.54) is 18.4 Å². The summed E-state index contributed by atoms with van der Waals surface area (Å²) in [6.07, 6.45) is 1.13. The van der Waals surface area contributed by atoms with Crippen LogP contribution in [0.2, 0.25) is 0 Å². The van der Waals surface area contributed by atoms with E-state index >= 15 is 0 Å². The number of nitrogen functional groups attached to an aromatic ring is 1. The van der Waals surface area contributed by atoms with Crippen LogP contribution in [0.5, 0.6) is 5.75 Å². The topological polar surface area (TPSA) is 73.6 Å². The SMILES string of the molecule is COC(=O)c1sc(NC2CC2C)c(OC(C)C)c1N. The van der Waals surface area contributed by atoms with E-state index in [2.05, 4.69) is 12.2 Å². The molecule has 0 saturated heterocycles. The van der Waals surface area contributed by atoms with Crippen molar-refractivity contribution < 1.29 is 14.3 Å². The molecule has 5 nitrogen and oxygen atoms in total. The zero-order valence-electron chi connectivity index (χ0n) is 11.6. The molecule has 1 aromatic heterocycles. The summed E-state index contributed by atoms with van der Waals surface area (Å²) in [6.45, 7) is 6.04. The van der Waals surface area contributed by atoms with Crippen LogP contribution in [0.3, 0.4) is 0 Å². The Bertz CT molecular complexity index is 484. The molecule has 2 rings (SSSR count). The van der Waals surface area contributed by atoms with Gasteiger partial charge in [0.25, 0.3) is 0 Å². The average molecular weight is 284 g/mol. The van der Waals surface area contributed by atoms with Crippen molar-refractivity contribution in [3.05, 3.63) is 4.88 Å². The van der Waals surface area contributed by atoms with Crippen LogP contribution in [0.4, 0.5) is 10.7 Å². The molecule has 0 bridgehead atoms. The van der Waals surface area contributed by atoms with Gasteiger partial charge in [-0.25, -0.2) is 4.79 Å². The number of esters is 1. The second kappa shape index (κ2) is 5.28. The predicted octanol–water partition coefficient (Wildman–Crippen LogP) is 2.72. The molecule has 0 radical (unpaired) electrons. The zero-order chi connectivity index (χ0) is 14.2. The highest BCUT2D eigenvalue weighted by molar-refractivity contribution is 7.19. The van der Waals surface area contributed by atoms with Crippen molar-refractivity contribution in [1.82, 2.24) is 0 Å². The third-order valence-electron chi connectivity index (χ3n) is 3.05. The lowest BCUT2D eigenvalue weighted by Gasteiger charge is -2.12. The number of ether oxygens (including phenoxy) is 2. The van der Waals surface area contributed by atoms with E-state index in [1.807, 2.05) is 13.8 Å². The van der Waals surface area contributed by atoms with E-state index in [0.717, 1.165) is 11.4 Å². The van der Waals surface area contributed by atoms with Crippen molar-refractivity contribution in [3.8, 4) is 5.75 Å². The lowest BCUT2D eigenvalue weighted by Crippen LogP contribution is -2.10. The number of thiophene rings is 1. The van der Waals surface area contributed by atoms with E-state index in [9.17, 15) is 4.79 Å². The zero-order valence-corrected chi connectivity index (χ0v) is 12.5. The summed E-state index contributed by atoms with van der Waals surface area (Å²) in [4.78, 5) is 12.1. The maximum Gasteiger partial charge on any atom is 0.350 e. The molecule has 1 aliphatic carbocycles. The monoisotopic (exact) mass is 284 g/mol. The molecular formula is C13H20N2O3S. The van der Waals surface area contributed by atoms with Crippen molar-refractivity contribution in [2.75, 3.05) is 18.2 Å². The van der Waals surface area contributed by atoms with Gasteiger partial charge >= 0.3 is 5.97 Å². The third kappa shape index (κ3) is 2.94. The van der Waals surface area contributed by atoms with Gasteiger partial charge in [-0.3, -0.25) is 0 Å². The number of rotatable bonds is 5. The van der Waals surface area contributed by atoms with Gasteiger partial charge in [0.1, 0.15) is 15.6 Å². The van der Waals surface area contributed by atoms with E-state index in [4.69, 9.17) is 15.2 Å². The normalized spacial score (nSPS) is 21.3. The molecule has 1 saturated carbocycles. The fourth-order valence-corrected chi connectivity index (χ4v) is 2.85. The molecular weight excluding hydrogens is 264 g/mol. The first kappa shape index (κ1) is 14.0. The number of anilines is 2. The number of carbonyl (C=O) groups excluding carboxylic acids is 1. The van der Waals surface area contributed by atoms with Crippen LogP contribution in [0, 0.1) is 5.92 Å². The number of carbonyl (C=O) groups is 1. The van der Waals surface area contributed by atoms with Crippen LogP contribution in [-0.2, 0) is 4.74 Å². The maximum absolute atomic E-state index is 11.7. The summed E-state index contributed by atoms with van der Waals surface area (Å²) in [7, 11) is 1.35. The van der Waals surface area contributed by atoms with Gasteiger partial charge < -0.3 is 20.5 Å². The summed E-state index contributed by atoms with van der Waals surface area (Å²) in [5, 5.41) is 4.21. The summed E-state index contributed by atoms with van der Waals surface area (Å²) in [5.74, 6) is 0.796. The molecule has 1 aliphatic rings. The summed E-state index contributed by atoms with van der Waals surface area (Å²) < 4.78 is 10.5. The van der Waals surface area contributed by atoms with E-state index in [-0.39, 0.29) is 6.10 Å². The van der Waals surface area contributed by atoms with Gasteiger partial charge in [-0.2, -0.15) is 0 Å². The highest BCUT2D eigenvalue weighted by Gasteiger charge is 2.35. The minimum atomic E-state index is -0.423. The Morgan fingerprint density at radius 1 is 1.53 bits per heavy atom. The average Bonchev–Trinajstić information content (AvgIpc) is 2.96. The first-order valence-electron chi connectivity index (χ1n) is 6.37. The molecule has 0 aromatic carbocycles. The Morgan fingerprint density at radius 3 is 2.63 bits per heavy atom. The molecule has 2 unspecified atom stereocenters. The largest absolute Gasteiger partial charge is 0.486 e. The number of methoxy groups -OCH3 is 1. The van der Waals surface area contributed by atoms with Crippen molar-refractivity contribution in [2.45, 2.75) is 39.3 Å². The number of nitrogens with two attached hydrogens (primary N) is 1. The van der Waals surface area contributed by atoms with E-state index in [1.54, 1.807) is 0 Å². The van der Waals surface area contributed by atoms with E-state index < -0.39 is 5.97 Å². The Morgan fingerprint density at radius 2 is 2.16 bits per heavy atom. The summed E-state index contributed by atoms with van der Waals surface area (Å²) in [6, 6.07) is 0.443. The molecule has 106 valence electrons. The van der Waals surface area contributed by atoms with Gasteiger partial charge in [0.15, 0.2) is 5.75 Å². The Balaban J connectivity index is 2.30. The number of hydrogen-bond acceptors (Lipinski definition) is 6. The molecule has 1 heterocycles. The van der Waals surface area contributed by atoms with Crippen molar-refractivity contribution in [2.24, 2.45) is 5.92 Å². The van der Waals surface area contributed by atoms with Gasteiger partial charge in [0.2, 0.25) is 0 Å². The standard InChI is InChI=1S/C13H20N2O3S/c1-6(2)18-10-9(14)11(13(16)17-4)19-12(10)15-8-5-7(8)3/h6-8,15H,5,14H2,1-4H3. The quantitative estimate of drug-likeness (QED) is 0.813. The molecule has 6 heteroatoms. The maximum atomic E-state index is 11.7. The molecule has 1 aromatic rings. The second-order valence-corrected chi connectivity index (χ2v) is 6.15. The van der Waals surface area contributed by atoms with E-state index in [0.29, 0.717) is 28.3 Å². The van der Waals surface area contributed by atoms with Gasteiger partial charge in [-0.1, -0.05) is 6.92 Å². The Labute approximate surface area is 117 Å². The predicted molar refractivity (Wildman–Crippen MR) is 77.0 cm³/mol. The highest BCUT2D eigenvalue weighted by Crippen LogP contribution is 2.46. The van der Waals surface area contributed by atoms with Crippen molar-refractivity contribution >= 4 is 28.0 Å². The fraction of sp³-hybridized carbons (Fsp3) is 0.615. The smallest absolute Gasteiger partial charge is 0.350 e.